The molecule has 24 nitrogen and oxygen atoms in total. The van der Waals surface area contributed by atoms with Crippen LogP contribution < -0.4 is 21.3 Å². The highest BCUT2D eigenvalue weighted by Gasteiger charge is 2.53. The van der Waals surface area contributed by atoms with Crippen LogP contribution >= 0.6 is 7.60 Å². The summed E-state index contributed by atoms with van der Waals surface area (Å²) in [6, 6.07) is 5.91. The summed E-state index contributed by atoms with van der Waals surface area (Å²) in [6.07, 6.45) is -1.24. The van der Waals surface area contributed by atoms with E-state index >= 15 is 0 Å². The molecule has 0 radical (unpaired) electrons. The fraction of sp³-hybridized carbons (Fsp3) is 0.696. The summed E-state index contributed by atoms with van der Waals surface area (Å²) in [5, 5.41) is 29.2. The fourth-order valence-electron chi connectivity index (χ4n) is 8.04. The summed E-state index contributed by atoms with van der Waals surface area (Å²) in [6.45, 7) is 11.0. The minimum absolute atomic E-state index is 0.0641. The van der Waals surface area contributed by atoms with Crippen molar-refractivity contribution in [2.24, 2.45) is 11.8 Å². The number of esters is 1. The number of rotatable bonds is 29. The van der Waals surface area contributed by atoms with Crippen molar-refractivity contribution < 1.29 is 86.6 Å². The summed E-state index contributed by atoms with van der Waals surface area (Å²) < 4.78 is 37.0. The Labute approximate surface area is 412 Å². The minimum Gasteiger partial charge on any atom is -0.480 e. The molecule has 5 amide bonds. The molecule has 398 valence electrons. The lowest BCUT2D eigenvalue weighted by molar-refractivity contribution is -0.155. The maximum atomic E-state index is 13.2. The van der Waals surface area contributed by atoms with Crippen LogP contribution in [-0.2, 0) is 73.2 Å². The summed E-state index contributed by atoms with van der Waals surface area (Å²) >= 11 is 0. The Morgan fingerprint density at radius 2 is 1.18 bits per heavy atom. The molecule has 0 aliphatic carbocycles. The van der Waals surface area contributed by atoms with E-state index in [0.717, 1.165) is 5.56 Å². The van der Waals surface area contributed by atoms with Crippen molar-refractivity contribution in [2.45, 2.75) is 128 Å². The van der Waals surface area contributed by atoms with Gasteiger partial charge in [-0.2, -0.15) is 0 Å². The quantitative estimate of drug-likeness (QED) is 0.0222. The van der Waals surface area contributed by atoms with Crippen molar-refractivity contribution in [1.29, 1.82) is 0 Å². The van der Waals surface area contributed by atoms with Gasteiger partial charge in [0.25, 0.3) is 17.7 Å². The first kappa shape index (κ1) is 58.5. The lowest BCUT2D eigenvalue weighted by atomic mass is 10.0. The lowest BCUT2D eigenvalue weighted by Gasteiger charge is -2.29. The van der Waals surface area contributed by atoms with E-state index in [1.54, 1.807) is 0 Å². The number of hydrogen-bond acceptors (Lipinski definition) is 15. The van der Waals surface area contributed by atoms with Gasteiger partial charge >= 0.3 is 25.5 Å². The second-order valence-electron chi connectivity index (χ2n) is 18.5. The lowest BCUT2D eigenvalue weighted by Crippen LogP contribution is -2.53. The van der Waals surface area contributed by atoms with Crippen molar-refractivity contribution >= 4 is 55.0 Å². The van der Waals surface area contributed by atoms with Gasteiger partial charge in [0.15, 0.2) is 24.4 Å². The zero-order valence-electron chi connectivity index (χ0n) is 40.7. The zero-order valence-corrected chi connectivity index (χ0v) is 41.6. The highest BCUT2D eigenvalue weighted by molar-refractivity contribution is 7.51. The second kappa shape index (κ2) is 28.8. The van der Waals surface area contributed by atoms with Crippen LogP contribution in [0.4, 0.5) is 0 Å². The molecule has 8 N–H and O–H groups in total. The monoisotopic (exact) mass is 1030 g/mol. The molecule has 0 bridgehead atoms. The van der Waals surface area contributed by atoms with Gasteiger partial charge in [-0.3, -0.25) is 28.5 Å². The average molecular weight is 1030 g/mol. The first-order chi connectivity index (χ1) is 33.7. The van der Waals surface area contributed by atoms with Gasteiger partial charge in [-0.15, -0.1) is 0 Å². The molecule has 4 fully saturated rings. The van der Waals surface area contributed by atoms with Crippen LogP contribution in [0.15, 0.2) is 30.3 Å². The number of epoxide rings is 2. The molecule has 8 unspecified atom stereocenters. The first-order valence-electron chi connectivity index (χ1n) is 24.1. The number of nitrogens with one attached hydrogen (secondary N) is 4. The average Bonchev–Trinajstić information content (AvgIpc) is 4.19. The van der Waals surface area contributed by atoms with E-state index in [-0.39, 0.29) is 43.7 Å². The van der Waals surface area contributed by atoms with Gasteiger partial charge in [0, 0.05) is 26.2 Å². The molecule has 71 heavy (non-hydrogen) atoms. The summed E-state index contributed by atoms with van der Waals surface area (Å²) in [5.74, 6) is -5.09. The van der Waals surface area contributed by atoms with Gasteiger partial charge in [0.2, 0.25) is 11.8 Å². The number of carboxylic acid groups (broad SMARTS) is 2. The maximum Gasteiger partial charge on any atom is 0.336 e. The third-order valence-electron chi connectivity index (χ3n) is 11.6. The van der Waals surface area contributed by atoms with E-state index in [1.807, 2.05) is 58.0 Å². The molecule has 4 heterocycles. The van der Waals surface area contributed by atoms with Crippen LogP contribution in [0.1, 0.15) is 78.2 Å². The van der Waals surface area contributed by atoms with Crippen LogP contribution in [0.5, 0.6) is 0 Å². The molecule has 0 spiro atoms. The number of likely N-dealkylation sites (tertiary alicyclic amines) is 2. The Balaban J connectivity index is 0.000000318. The molecule has 4 aliphatic heterocycles. The molecule has 5 rings (SSSR count). The number of carbonyl (C=O) groups is 8. The van der Waals surface area contributed by atoms with E-state index < -0.39 is 97.7 Å². The summed E-state index contributed by atoms with van der Waals surface area (Å²) in [7, 11) is -3.95. The third-order valence-corrected chi connectivity index (χ3v) is 12.5. The molecule has 1 aromatic rings. The Hall–Kier alpha value is -5.07. The number of aliphatic carboxylic acids is 2. The SMILES string of the molecule is CC(C)CC(NC(=O)C1OC1C(=O)NCCOCCOCCNCCCP(=O)(O)O)C(=O)N1CCCC1C(=O)O.CC(C)CC(NC(=O)C1OC1C(=O)O)C(=O)N1CCCC1C(=O)OCc1ccccc1. The van der Waals surface area contributed by atoms with E-state index in [0.29, 0.717) is 90.9 Å². The number of hydrogen-bond donors (Lipinski definition) is 8. The van der Waals surface area contributed by atoms with Gasteiger partial charge in [-0.05, 0) is 68.9 Å². The van der Waals surface area contributed by atoms with Gasteiger partial charge in [-0.25, -0.2) is 14.4 Å². The summed E-state index contributed by atoms with van der Waals surface area (Å²) in [5.41, 5.74) is 0.856. The Morgan fingerprint density at radius 1 is 0.676 bits per heavy atom. The Bertz CT molecular complexity index is 2010. The number of carboxylic acids is 2. The van der Waals surface area contributed by atoms with Crippen LogP contribution in [0, 0.1) is 11.8 Å². The summed E-state index contributed by atoms with van der Waals surface area (Å²) in [4.78, 5) is 119. The topological polar surface area (TPSA) is 342 Å². The van der Waals surface area contributed by atoms with E-state index in [2.05, 4.69) is 21.3 Å². The molecule has 4 aliphatic rings. The van der Waals surface area contributed by atoms with Crippen molar-refractivity contribution in [1.82, 2.24) is 31.1 Å². The van der Waals surface area contributed by atoms with E-state index in [1.165, 1.54) is 9.80 Å². The van der Waals surface area contributed by atoms with Crippen LogP contribution in [0.3, 0.4) is 0 Å². The van der Waals surface area contributed by atoms with E-state index in [9.17, 15) is 48.0 Å². The number of amides is 5. The highest BCUT2D eigenvalue weighted by Crippen LogP contribution is 2.34. The van der Waals surface area contributed by atoms with Crippen LogP contribution in [0.25, 0.3) is 0 Å². The molecule has 4 saturated heterocycles. The molecule has 0 aromatic heterocycles. The Kier molecular flexibility index (Phi) is 23.8. The van der Waals surface area contributed by atoms with Crippen molar-refractivity contribution in [3.63, 3.8) is 0 Å². The van der Waals surface area contributed by atoms with Gasteiger partial charge in [0.1, 0.15) is 30.8 Å². The van der Waals surface area contributed by atoms with Crippen molar-refractivity contribution in [3.05, 3.63) is 35.9 Å². The molecule has 0 saturated carbocycles. The van der Waals surface area contributed by atoms with E-state index in [4.69, 9.17) is 38.6 Å². The number of nitrogens with zero attached hydrogens (tertiary/aromatic N) is 2. The standard InChI is InChI=1S/C24H43N4O11P.C22H28N2O7/c1-16(2)15-17(23(31)28-9-3-5-18(28)24(32)33)27-22(30)20-19(39-20)21(29)26-8-11-38-13-12-37-10-7-25-6-4-14-40(34,35)36;1-13(2)11-15(23-19(25)17-18(31-17)21(27)28)20(26)24-10-6-9-16(24)22(29)30-12-14-7-4-3-5-8-14/h16-20,25H,3-15H2,1-2H3,(H,26,29)(H,27,30)(H,32,33)(H2,34,35,36);3-5,7-8,13,15-18H,6,9-12H2,1-2H3,(H,23,25)(H,27,28). The molecule has 25 heteroatoms. The fourth-order valence-corrected chi connectivity index (χ4v) is 8.61. The predicted molar refractivity (Wildman–Crippen MR) is 250 cm³/mol. The normalized spacial score (nSPS) is 22.2. The largest absolute Gasteiger partial charge is 0.480 e. The number of ether oxygens (including phenoxy) is 5. The molecular weight excluding hydrogens is 956 g/mol. The minimum atomic E-state index is -3.95. The number of benzene rings is 1. The molecule has 1 aromatic carbocycles. The van der Waals surface area contributed by atoms with Crippen LogP contribution in [-0.4, -0.2) is 191 Å². The van der Waals surface area contributed by atoms with Crippen molar-refractivity contribution in [2.75, 3.05) is 65.3 Å². The maximum absolute atomic E-state index is 13.2. The predicted octanol–water partition coefficient (Wildman–Crippen LogP) is -0.229. The van der Waals surface area contributed by atoms with Gasteiger partial charge < -0.3 is 74.8 Å². The van der Waals surface area contributed by atoms with Gasteiger partial charge in [-0.1, -0.05) is 58.0 Å². The highest BCUT2D eigenvalue weighted by atomic mass is 31.2. The van der Waals surface area contributed by atoms with Crippen molar-refractivity contribution in [3.8, 4) is 0 Å². The Morgan fingerprint density at radius 3 is 1.70 bits per heavy atom. The molecule has 8 atom stereocenters. The second-order valence-corrected chi connectivity index (χ2v) is 20.3. The number of carbonyl (C=O) groups excluding carboxylic acids is 6. The third kappa shape index (κ3) is 20.2. The van der Waals surface area contributed by atoms with Gasteiger partial charge in [0.05, 0.1) is 32.6 Å². The first-order valence-corrected chi connectivity index (χ1v) is 25.9. The smallest absolute Gasteiger partial charge is 0.336 e. The molecular formula is C46H71N6O18P. The zero-order chi connectivity index (χ0) is 52.3. The van der Waals surface area contributed by atoms with Crippen LogP contribution in [0.2, 0.25) is 0 Å².